The van der Waals surface area contributed by atoms with Gasteiger partial charge in [-0.3, -0.25) is 0 Å². The number of benzene rings is 1. The van der Waals surface area contributed by atoms with Gasteiger partial charge in [0.2, 0.25) is 5.82 Å². The summed E-state index contributed by atoms with van der Waals surface area (Å²) in [6.45, 7) is 0. The Labute approximate surface area is 74.0 Å². The van der Waals surface area contributed by atoms with E-state index < -0.39 is 17.4 Å². The van der Waals surface area contributed by atoms with Crippen molar-refractivity contribution in [2.45, 2.75) is 18.9 Å². The van der Waals surface area contributed by atoms with Crippen LogP contribution in [0.3, 0.4) is 0 Å². The normalized spacial score (nSPS) is 20.4. The van der Waals surface area contributed by atoms with E-state index in [1.165, 1.54) is 6.07 Å². The van der Waals surface area contributed by atoms with Gasteiger partial charge in [0.25, 0.3) is 0 Å². The number of phenols is 1. The molecule has 1 aromatic carbocycles. The highest BCUT2D eigenvalue weighted by molar-refractivity contribution is 5.42. The fraction of sp³-hybridized carbons (Fsp3) is 0.333. The number of rotatable bonds is 0. The molecule has 1 aliphatic rings. The molecule has 0 saturated carbocycles. The van der Waals surface area contributed by atoms with Crippen molar-refractivity contribution in [3.63, 3.8) is 0 Å². The van der Waals surface area contributed by atoms with E-state index in [0.29, 0.717) is 24.0 Å². The van der Waals surface area contributed by atoms with E-state index in [1.54, 1.807) is 0 Å². The maximum atomic E-state index is 13.1. The van der Waals surface area contributed by atoms with Gasteiger partial charge in [-0.25, -0.2) is 4.39 Å². The van der Waals surface area contributed by atoms with Gasteiger partial charge < -0.3 is 10.8 Å². The van der Waals surface area contributed by atoms with Crippen molar-refractivity contribution in [1.82, 2.24) is 0 Å². The van der Waals surface area contributed by atoms with Gasteiger partial charge in [0, 0.05) is 6.04 Å². The van der Waals surface area contributed by atoms with Crippen molar-refractivity contribution in [2.75, 3.05) is 0 Å². The largest absolute Gasteiger partial charge is 0.505 e. The van der Waals surface area contributed by atoms with Gasteiger partial charge in [-0.2, -0.15) is 4.39 Å². The van der Waals surface area contributed by atoms with E-state index in [4.69, 9.17) is 10.8 Å². The lowest BCUT2D eigenvalue weighted by molar-refractivity contribution is 0.404. The number of phenolic OH excluding ortho intramolecular Hbond substituents is 1. The minimum atomic E-state index is -1.17. The number of aromatic hydroxyl groups is 1. The van der Waals surface area contributed by atoms with Crippen LogP contribution in [0.1, 0.15) is 23.6 Å². The first-order valence-electron chi connectivity index (χ1n) is 4.06. The summed E-state index contributed by atoms with van der Waals surface area (Å²) in [5.41, 5.74) is 6.47. The van der Waals surface area contributed by atoms with Gasteiger partial charge in [-0.15, -0.1) is 0 Å². The average molecular weight is 185 g/mol. The molecule has 13 heavy (non-hydrogen) atoms. The Morgan fingerprint density at radius 2 is 2.08 bits per heavy atom. The molecule has 0 bridgehead atoms. The first kappa shape index (κ1) is 8.44. The third-order valence-corrected chi connectivity index (χ3v) is 2.43. The van der Waals surface area contributed by atoms with Crippen LogP contribution >= 0.6 is 0 Å². The summed E-state index contributed by atoms with van der Waals surface area (Å²) < 4.78 is 26.0. The molecule has 2 nitrogen and oxygen atoms in total. The molecule has 1 atom stereocenters. The molecule has 0 heterocycles. The second kappa shape index (κ2) is 2.67. The Morgan fingerprint density at radius 3 is 2.77 bits per heavy atom. The summed E-state index contributed by atoms with van der Waals surface area (Å²) in [5, 5.41) is 9.01. The zero-order valence-corrected chi connectivity index (χ0v) is 6.85. The maximum absolute atomic E-state index is 13.1. The Kier molecular flexibility index (Phi) is 1.73. The molecule has 70 valence electrons. The third kappa shape index (κ3) is 1.09. The average Bonchev–Trinajstić information content (AvgIpc) is 2.45. The predicted molar refractivity (Wildman–Crippen MR) is 43.3 cm³/mol. The summed E-state index contributed by atoms with van der Waals surface area (Å²) >= 11 is 0. The fourth-order valence-corrected chi connectivity index (χ4v) is 1.71. The molecule has 0 saturated heterocycles. The Bertz CT molecular complexity index is 365. The predicted octanol–water partition coefficient (Wildman–Crippen LogP) is 1.62. The fourth-order valence-electron chi connectivity index (χ4n) is 1.71. The summed E-state index contributed by atoms with van der Waals surface area (Å²) in [4.78, 5) is 0. The Balaban J connectivity index is 2.67. The molecular weight excluding hydrogens is 176 g/mol. The molecule has 0 spiro atoms. The van der Waals surface area contributed by atoms with Crippen LogP contribution in [0, 0.1) is 11.6 Å². The molecule has 2 rings (SSSR count). The van der Waals surface area contributed by atoms with Crippen LogP contribution in [-0.4, -0.2) is 5.11 Å². The van der Waals surface area contributed by atoms with Gasteiger partial charge in [0.1, 0.15) is 0 Å². The molecule has 4 heteroatoms. The SMILES string of the molecule is NC1CCc2c1cc(O)c(F)c2F. The van der Waals surface area contributed by atoms with Gasteiger partial charge in [0.05, 0.1) is 0 Å². The van der Waals surface area contributed by atoms with Crippen molar-refractivity contribution in [1.29, 1.82) is 0 Å². The molecule has 0 fully saturated rings. The van der Waals surface area contributed by atoms with Crippen LogP contribution in [-0.2, 0) is 6.42 Å². The van der Waals surface area contributed by atoms with Gasteiger partial charge in [-0.1, -0.05) is 0 Å². The summed E-state index contributed by atoms with van der Waals surface area (Å²) in [6.07, 6.45) is 1.05. The smallest absolute Gasteiger partial charge is 0.200 e. The molecule has 0 aliphatic heterocycles. The highest BCUT2D eigenvalue weighted by atomic mass is 19.2. The third-order valence-electron chi connectivity index (χ3n) is 2.43. The lowest BCUT2D eigenvalue weighted by Gasteiger charge is -2.06. The minimum absolute atomic E-state index is 0.281. The lowest BCUT2D eigenvalue weighted by atomic mass is 10.1. The van der Waals surface area contributed by atoms with Crippen LogP contribution in [0.25, 0.3) is 0 Å². The van der Waals surface area contributed by atoms with Crippen LogP contribution < -0.4 is 5.73 Å². The zero-order chi connectivity index (χ0) is 9.59. The van der Waals surface area contributed by atoms with Crippen molar-refractivity contribution in [2.24, 2.45) is 5.73 Å². The van der Waals surface area contributed by atoms with E-state index in [2.05, 4.69) is 0 Å². The van der Waals surface area contributed by atoms with Crippen molar-refractivity contribution in [3.05, 3.63) is 28.8 Å². The highest BCUT2D eigenvalue weighted by Crippen LogP contribution is 2.35. The Hall–Kier alpha value is -1.16. The molecular formula is C9H9F2NO. The first-order chi connectivity index (χ1) is 6.11. The van der Waals surface area contributed by atoms with E-state index in [-0.39, 0.29) is 6.04 Å². The molecule has 0 amide bonds. The second-order valence-electron chi connectivity index (χ2n) is 3.24. The minimum Gasteiger partial charge on any atom is -0.505 e. The van der Waals surface area contributed by atoms with Crippen LogP contribution in [0.5, 0.6) is 5.75 Å². The summed E-state index contributed by atoms with van der Waals surface area (Å²) in [6, 6.07) is 0.932. The summed E-state index contributed by atoms with van der Waals surface area (Å²) in [7, 11) is 0. The molecule has 1 aliphatic carbocycles. The highest BCUT2D eigenvalue weighted by Gasteiger charge is 2.26. The number of hydrogen-bond acceptors (Lipinski definition) is 2. The van der Waals surface area contributed by atoms with Gasteiger partial charge in [0.15, 0.2) is 11.6 Å². The van der Waals surface area contributed by atoms with Crippen molar-refractivity contribution in [3.8, 4) is 5.75 Å². The number of nitrogens with two attached hydrogens (primary N) is 1. The van der Waals surface area contributed by atoms with Crippen molar-refractivity contribution < 1.29 is 13.9 Å². The van der Waals surface area contributed by atoms with Crippen LogP contribution in [0.4, 0.5) is 8.78 Å². The van der Waals surface area contributed by atoms with Crippen LogP contribution in [0.2, 0.25) is 0 Å². The second-order valence-corrected chi connectivity index (χ2v) is 3.24. The van der Waals surface area contributed by atoms with Crippen LogP contribution in [0.15, 0.2) is 6.07 Å². The molecule has 0 radical (unpaired) electrons. The van der Waals surface area contributed by atoms with E-state index in [0.717, 1.165) is 0 Å². The molecule has 1 unspecified atom stereocenters. The molecule has 0 aromatic heterocycles. The van der Waals surface area contributed by atoms with E-state index in [1.807, 2.05) is 0 Å². The topological polar surface area (TPSA) is 46.2 Å². The van der Waals surface area contributed by atoms with Crippen molar-refractivity contribution >= 4 is 0 Å². The quantitative estimate of drug-likeness (QED) is 0.645. The standard InChI is InChI=1S/C9H9F2NO/c10-8-4-1-2-6(12)5(4)3-7(13)9(8)11/h3,6,13H,1-2,12H2. The molecule has 3 N–H and O–H groups in total. The first-order valence-corrected chi connectivity index (χ1v) is 4.06. The lowest BCUT2D eigenvalue weighted by Crippen LogP contribution is -2.05. The number of halogens is 2. The van der Waals surface area contributed by atoms with E-state index in [9.17, 15) is 8.78 Å². The Morgan fingerprint density at radius 1 is 1.38 bits per heavy atom. The monoisotopic (exact) mass is 185 g/mol. The van der Waals surface area contributed by atoms with Gasteiger partial charge in [-0.05, 0) is 30.0 Å². The maximum Gasteiger partial charge on any atom is 0.200 e. The number of hydrogen-bond donors (Lipinski definition) is 2. The van der Waals surface area contributed by atoms with E-state index >= 15 is 0 Å². The van der Waals surface area contributed by atoms with Gasteiger partial charge >= 0.3 is 0 Å². The number of fused-ring (bicyclic) bond motifs is 1. The summed E-state index contributed by atoms with van der Waals surface area (Å²) in [5.74, 6) is -2.79. The molecule has 1 aromatic rings. The zero-order valence-electron chi connectivity index (χ0n) is 6.85.